The summed E-state index contributed by atoms with van der Waals surface area (Å²) in [6.45, 7) is 0. The number of Topliss-reactive ketones (excluding diaryl/α,β-unsaturated/α-hetero) is 1. The van der Waals surface area contributed by atoms with Crippen LogP contribution < -0.4 is 5.32 Å². The Morgan fingerprint density at radius 2 is 2.04 bits per heavy atom. The summed E-state index contributed by atoms with van der Waals surface area (Å²) >= 11 is 0.0796. The molecule has 0 bridgehead atoms. The number of nitrogens with zero attached hydrogens (tertiary/aromatic N) is 1. The molecule has 1 aliphatic heterocycles. The van der Waals surface area contributed by atoms with E-state index in [4.69, 9.17) is 4.42 Å². The normalized spacial score (nSPS) is 19.8. The van der Waals surface area contributed by atoms with Crippen LogP contribution in [0.25, 0.3) is 0 Å². The molecule has 1 aliphatic carbocycles. The third-order valence-electron chi connectivity index (χ3n) is 4.72. The molecule has 1 aromatic heterocycles. The van der Waals surface area contributed by atoms with Crippen LogP contribution in [0.15, 0.2) is 74.6 Å². The van der Waals surface area contributed by atoms with Crippen LogP contribution in [0.4, 0.5) is 0 Å². The molecule has 2 aliphatic rings. The van der Waals surface area contributed by atoms with E-state index in [1.807, 2.05) is 30.3 Å². The molecule has 2 heterocycles. The number of hydrogen-bond acceptors (Lipinski definition) is 4. The number of ketones is 1. The van der Waals surface area contributed by atoms with Gasteiger partial charge in [0.1, 0.15) is 0 Å². The fourth-order valence-corrected chi connectivity index (χ4v) is 5.64. The van der Waals surface area contributed by atoms with E-state index in [0.29, 0.717) is 17.8 Å². The van der Waals surface area contributed by atoms with E-state index in [-0.39, 0.29) is 26.7 Å². The predicted octanol–water partition coefficient (Wildman–Crippen LogP) is 3.61. The molecular formula is C21H18N2O2Se. The van der Waals surface area contributed by atoms with Crippen molar-refractivity contribution in [3.63, 3.8) is 0 Å². The molecule has 2 aromatic rings. The Labute approximate surface area is 158 Å². The number of nitriles is 1. The zero-order valence-corrected chi connectivity index (χ0v) is 15.9. The number of nitrogens with one attached hydrogen (secondary N) is 1. The number of hydrogen-bond donors (Lipinski definition) is 1. The van der Waals surface area contributed by atoms with Gasteiger partial charge in [0.25, 0.3) is 0 Å². The van der Waals surface area contributed by atoms with Crippen molar-refractivity contribution < 1.29 is 9.21 Å². The fraction of sp³-hybridized carbons (Fsp3) is 0.238. The monoisotopic (exact) mass is 410 g/mol. The summed E-state index contributed by atoms with van der Waals surface area (Å²) in [4.78, 5) is 12.6. The second kappa shape index (κ2) is 7.37. The van der Waals surface area contributed by atoms with Crippen molar-refractivity contribution in [3.05, 3.63) is 81.5 Å². The SMILES string of the molecule is N#CC1=C([Se]Cc2ccccc2)NC2=C(C(=O)CCC2)C1c1ccco1. The zero-order chi connectivity index (χ0) is 17.9. The molecule has 0 amide bonds. The number of benzene rings is 1. The molecule has 1 aromatic carbocycles. The first-order valence-corrected chi connectivity index (χ1v) is 10.7. The molecule has 26 heavy (non-hydrogen) atoms. The van der Waals surface area contributed by atoms with E-state index in [1.165, 1.54) is 5.56 Å². The first-order chi connectivity index (χ1) is 12.8. The number of carbonyl (C=O) groups excluding carboxylic acids is 1. The minimum atomic E-state index is -0.369. The van der Waals surface area contributed by atoms with Gasteiger partial charge in [-0.05, 0) is 0 Å². The van der Waals surface area contributed by atoms with Gasteiger partial charge in [0, 0.05) is 0 Å². The summed E-state index contributed by atoms with van der Waals surface area (Å²) in [5, 5.41) is 14.2. The second-order valence-electron chi connectivity index (χ2n) is 6.37. The molecule has 4 rings (SSSR count). The molecule has 0 saturated carbocycles. The zero-order valence-electron chi connectivity index (χ0n) is 14.2. The molecule has 0 saturated heterocycles. The van der Waals surface area contributed by atoms with Crippen LogP contribution in [0, 0.1) is 11.3 Å². The van der Waals surface area contributed by atoms with Crippen molar-refractivity contribution in [2.75, 3.05) is 0 Å². The summed E-state index contributed by atoms with van der Waals surface area (Å²) in [6.07, 6.45) is 3.86. The minimum absolute atomic E-state index is 0.0796. The molecule has 0 spiro atoms. The van der Waals surface area contributed by atoms with Gasteiger partial charge in [-0.1, -0.05) is 0 Å². The van der Waals surface area contributed by atoms with Gasteiger partial charge in [0.15, 0.2) is 0 Å². The average Bonchev–Trinajstić information content (AvgIpc) is 3.20. The Morgan fingerprint density at radius 1 is 1.19 bits per heavy atom. The number of carbonyl (C=O) groups is 1. The van der Waals surface area contributed by atoms with Gasteiger partial charge < -0.3 is 0 Å². The molecule has 1 N–H and O–H groups in total. The summed E-state index contributed by atoms with van der Waals surface area (Å²) in [5.74, 6) is 0.438. The van der Waals surface area contributed by atoms with Crippen LogP contribution in [-0.2, 0) is 10.1 Å². The van der Waals surface area contributed by atoms with Crippen LogP contribution in [0.2, 0.25) is 0 Å². The molecule has 1 atom stereocenters. The van der Waals surface area contributed by atoms with E-state index in [9.17, 15) is 10.1 Å². The third kappa shape index (κ3) is 3.14. The maximum atomic E-state index is 12.6. The average molecular weight is 409 g/mol. The van der Waals surface area contributed by atoms with Gasteiger partial charge >= 0.3 is 159 Å². The number of allylic oxidation sites excluding steroid dienone is 3. The van der Waals surface area contributed by atoms with Gasteiger partial charge in [-0.3, -0.25) is 0 Å². The molecule has 0 radical (unpaired) electrons. The first kappa shape index (κ1) is 16.9. The molecule has 130 valence electrons. The predicted molar refractivity (Wildman–Crippen MR) is 99.0 cm³/mol. The Hall–Kier alpha value is -2.54. The van der Waals surface area contributed by atoms with E-state index in [2.05, 4.69) is 23.5 Å². The Kier molecular flexibility index (Phi) is 4.79. The Bertz CT molecular complexity index is 921. The summed E-state index contributed by atoms with van der Waals surface area (Å²) in [5.41, 5.74) is 3.59. The summed E-state index contributed by atoms with van der Waals surface area (Å²) < 4.78 is 6.59. The van der Waals surface area contributed by atoms with Crippen molar-refractivity contribution in [2.45, 2.75) is 30.5 Å². The van der Waals surface area contributed by atoms with Crippen molar-refractivity contribution in [1.82, 2.24) is 5.32 Å². The van der Waals surface area contributed by atoms with Crippen LogP contribution in [0.1, 0.15) is 36.5 Å². The Balaban J connectivity index is 1.72. The number of furan rings is 1. The summed E-state index contributed by atoms with van der Waals surface area (Å²) in [7, 11) is 0. The standard InChI is InChI=1S/C21H18N2O2Se/c22-12-15-19(18-10-5-11-25-18)20-16(8-4-9-17(20)24)23-21(15)26-13-14-6-2-1-3-7-14/h1-3,5-7,10-11,19,23H,4,8-9,13H2. The van der Waals surface area contributed by atoms with Crippen molar-refractivity contribution in [2.24, 2.45) is 0 Å². The molecular weight excluding hydrogens is 391 g/mol. The van der Waals surface area contributed by atoms with Crippen molar-refractivity contribution >= 4 is 20.7 Å². The van der Waals surface area contributed by atoms with E-state index in [1.54, 1.807) is 6.26 Å². The van der Waals surface area contributed by atoms with E-state index in [0.717, 1.165) is 34.0 Å². The van der Waals surface area contributed by atoms with Gasteiger partial charge in [-0.2, -0.15) is 0 Å². The second-order valence-corrected chi connectivity index (χ2v) is 8.44. The van der Waals surface area contributed by atoms with E-state index >= 15 is 0 Å². The Morgan fingerprint density at radius 3 is 2.77 bits per heavy atom. The van der Waals surface area contributed by atoms with Crippen LogP contribution in [-0.4, -0.2) is 20.7 Å². The van der Waals surface area contributed by atoms with Crippen LogP contribution >= 0.6 is 0 Å². The van der Waals surface area contributed by atoms with Crippen molar-refractivity contribution in [1.29, 1.82) is 5.26 Å². The maximum absolute atomic E-state index is 12.6. The molecule has 4 nitrogen and oxygen atoms in total. The van der Waals surface area contributed by atoms with E-state index < -0.39 is 0 Å². The third-order valence-corrected chi connectivity index (χ3v) is 7.00. The van der Waals surface area contributed by atoms with Crippen LogP contribution in [0.3, 0.4) is 0 Å². The molecule has 1 unspecified atom stereocenters. The number of rotatable bonds is 4. The van der Waals surface area contributed by atoms with Gasteiger partial charge in [-0.15, -0.1) is 0 Å². The molecule has 0 fully saturated rings. The van der Waals surface area contributed by atoms with Crippen LogP contribution in [0.5, 0.6) is 0 Å². The first-order valence-electron chi connectivity index (χ1n) is 8.65. The van der Waals surface area contributed by atoms with Gasteiger partial charge in [0.2, 0.25) is 0 Å². The number of dihydropyridines is 1. The van der Waals surface area contributed by atoms with Gasteiger partial charge in [0.05, 0.1) is 0 Å². The molecule has 5 heteroatoms. The van der Waals surface area contributed by atoms with Crippen molar-refractivity contribution in [3.8, 4) is 6.07 Å². The van der Waals surface area contributed by atoms with Gasteiger partial charge in [-0.25, -0.2) is 0 Å². The fourth-order valence-electron chi connectivity index (χ4n) is 3.51. The summed E-state index contributed by atoms with van der Waals surface area (Å²) in [6, 6.07) is 16.3. The topological polar surface area (TPSA) is 66.0 Å². The quantitative estimate of drug-likeness (QED) is 0.784.